The van der Waals surface area contributed by atoms with Crippen molar-refractivity contribution in [1.29, 1.82) is 0 Å². The molecule has 8 nitrogen and oxygen atoms in total. The van der Waals surface area contributed by atoms with Crippen molar-refractivity contribution in [3.63, 3.8) is 0 Å². The summed E-state index contributed by atoms with van der Waals surface area (Å²) in [5, 5.41) is 2.96. The average Bonchev–Trinajstić information content (AvgIpc) is 3.15. The van der Waals surface area contributed by atoms with Gasteiger partial charge in [-0.3, -0.25) is 4.79 Å². The summed E-state index contributed by atoms with van der Waals surface area (Å²) in [6.45, 7) is 4.85. The molecule has 1 unspecified atom stereocenters. The van der Waals surface area contributed by atoms with Crippen molar-refractivity contribution in [2.75, 3.05) is 13.1 Å². The van der Waals surface area contributed by atoms with Crippen molar-refractivity contribution in [2.45, 2.75) is 44.9 Å². The number of rotatable bonds is 7. The lowest BCUT2D eigenvalue weighted by atomic mass is 9.91. The molecule has 38 heavy (non-hydrogen) atoms. The fourth-order valence-electron chi connectivity index (χ4n) is 4.40. The third kappa shape index (κ3) is 6.41. The number of hydrogen-bond donors (Lipinski definition) is 1. The van der Waals surface area contributed by atoms with Crippen molar-refractivity contribution in [3.8, 4) is 0 Å². The topological polar surface area (TPSA) is 96.0 Å². The van der Waals surface area contributed by atoms with E-state index >= 15 is 0 Å². The van der Waals surface area contributed by atoms with Crippen LogP contribution in [-0.4, -0.2) is 53.8 Å². The first-order valence-electron chi connectivity index (χ1n) is 12.5. The van der Waals surface area contributed by atoms with Crippen molar-refractivity contribution < 1.29 is 22.7 Å². The van der Waals surface area contributed by atoms with Gasteiger partial charge >= 0.3 is 16.3 Å². The third-order valence-corrected chi connectivity index (χ3v) is 8.06. The van der Waals surface area contributed by atoms with Gasteiger partial charge in [-0.1, -0.05) is 91.0 Å². The van der Waals surface area contributed by atoms with Crippen LogP contribution < -0.4 is 5.32 Å². The molecule has 0 spiro atoms. The quantitative estimate of drug-likeness (QED) is 0.487. The molecule has 0 bridgehead atoms. The largest absolute Gasteiger partial charge is 0.443 e. The van der Waals surface area contributed by atoms with Gasteiger partial charge in [0.1, 0.15) is 11.6 Å². The highest BCUT2D eigenvalue weighted by Gasteiger charge is 2.50. The smallest absolute Gasteiger partial charge is 0.425 e. The number of benzene rings is 3. The Labute approximate surface area is 224 Å². The molecule has 1 heterocycles. The van der Waals surface area contributed by atoms with Gasteiger partial charge in [-0.2, -0.15) is 17.0 Å². The van der Waals surface area contributed by atoms with E-state index in [2.05, 4.69) is 5.32 Å². The standard InChI is InChI=1S/C29H33N3O5S/c1-29(2,3)37-28(34)32-21-26(31(38(32,35)36)20-22-13-7-4-8-14-22)27(33)30-19-25(23-15-9-5-10-16-23)24-17-11-6-12-18-24/h4-18,25-26H,19-21H2,1-3H3,(H,30,33). The monoisotopic (exact) mass is 535 g/mol. The summed E-state index contributed by atoms with van der Waals surface area (Å²) >= 11 is 0. The van der Waals surface area contributed by atoms with Crippen LogP contribution in [0.25, 0.3) is 0 Å². The number of hydrogen-bond acceptors (Lipinski definition) is 5. The molecule has 1 atom stereocenters. The summed E-state index contributed by atoms with van der Waals surface area (Å²) in [6, 6.07) is 27.5. The second-order valence-electron chi connectivity index (χ2n) is 10.2. The normalized spacial score (nSPS) is 17.4. The Morgan fingerprint density at radius 3 is 1.89 bits per heavy atom. The molecular formula is C29H33N3O5S. The van der Waals surface area contributed by atoms with E-state index in [1.807, 2.05) is 66.7 Å². The van der Waals surface area contributed by atoms with Crippen molar-refractivity contribution in [1.82, 2.24) is 13.9 Å². The second kappa shape index (κ2) is 11.4. The molecule has 9 heteroatoms. The molecule has 1 N–H and O–H groups in total. The highest BCUT2D eigenvalue weighted by atomic mass is 32.2. The number of amides is 2. The number of ether oxygens (including phenoxy) is 1. The minimum absolute atomic E-state index is 0.0542. The van der Waals surface area contributed by atoms with Gasteiger partial charge in [-0.05, 0) is 37.5 Å². The summed E-state index contributed by atoms with van der Waals surface area (Å²) in [7, 11) is -4.30. The van der Waals surface area contributed by atoms with Gasteiger partial charge in [0.2, 0.25) is 5.91 Å². The van der Waals surface area contributed by atoms with Crippen LogP contribution in [0.3, 0.4) is 0 Å². The first-order chi connectivity index (χ1) is 18.1. The van der Waals surface area contributed by atoms with E-state index in [1.54, 1.807) is 45.0 Å². The van der Waals surface area contributed by atoms with E-state index in [0.717, 1.165) is 15.4 Å². The van der Waals surface area contributed by atoms with Crippen LogP contribution >= 0.6 is 0 Å². The highest BCUT2D eigenvalue weighted by molar-refractivity contribution is 7.87. The molecule has 1 saturated heterocycles. The predicted octanol–water partition coefficient (Wildman–Crippen LogP) is 4.30. The molecule has 0 radical (unpaired) electrons. The molecule has 200 valence electrons. The Balaban J connectivity index is 1.59. The zero-order valence-electron chi connectivity index (χ0n) is 21.8. The Hall–Kier alpha value is -3.69. The van der Waals surface area contributed by atoms with Crippen molar-refractivity contribution in [3.05, 3.63) is 108 Å². The van der Waals surface area contributed by atoms with Crippen LogP contribution in [0.4, 0.5) is 4.79 Å². The predicted molar refractivity (Wildman–Crippen MR) is 145 cm³/mol. The number of nitrogens with zero attached hydrogens (tertiary/aromatic N) is 2. The maximum absolute atomic E-state index is 13.6. The van der Waals surface area contributed by atoms with Crippen LogP contribution in [0.1, 0.15) is 43.4 Å². The highest BCUT2D eigenvalue weighted by Crippen LogP contribution is 2.28. The zero-order chi connectivity index (χ0) is 27.3. The lowest BCUT2D eigenvalue weighted by Crippen LogP contribution is -2.46. The van der Waals surface area contributed by atoms with Gasteiger partial charge in [0.15, 0.2) is 0 Å². The third-order valence-electron chi connectivity index (χ3n) is 6.23. The molecule has 0 aromatic heterocycles. The number of nitrogens with one attached hydrogen (secondary N) is 1. The van der Waals surface area contributed by atoms with Crippen LogP contribution in [0.15, 0.2) is 91.0 Å². The molecule has 3 aromatic rings. The molecule has 2 amide bonds. The van der Waals surface area contributed by atoms with E-state index in [-0.39, 0.29) is 25.6 Å². The van der Waals surface area contributed by atoms with Gasteiger partial charge in [-0.25, -0.2) is 4.79 Å². The molecule has 3 aromatic carbocycles. The maximum Gasteiger partial charge on any atom is 0.425 e. The molecule has 1 aliphatic heterocycles. The lowest BCUT2D eigenvalue weighted by molar-refractivity contribution is -0.124. The Kier molecular flexibility index (Phi) is 8.18. The van der Waals surface area contributed by atoms with Crippen LogP contribution in [0, 0.1) is 0 Å². The first kappa shape index (κ1) is 27.3. The minimum Gasteiger partial charge on any atom is -0.443 e. The summed E-state index contributed by atoms with van der Waals surface area (Å²) < 4.78 is 34.1. The fraction of sp³-hybridized carbons (Fsp3) is 0.310. The Morgan fingerprint density at radius 1 is 0.895 bits per heavy atom. The second-order valence-corrected chi connectivity index (χ2v) is 12.0. The van der Waals surface area contributed by atoms with E-state index < -0.39 is 33.9 Å². The van der Waals surface area contributed by atoms with Gasteiger partial charge in [-0.15, -0.1) is 0 Å². The minimum atomic E-state index is -4.30. The first-order valence-corrected chi connectivity index (χ1v) is 13.9. The van der Waals surface area contributed by atoms with E-state index in [4.69, 9.17) is 4.74 Å². The SMILES string of the molecule is CC(C)(C)OC(=O)N1CC(C(=O)NCC(c2ccccc2)c2ccccc2)N(Cc2ccccc2)S1(=O)=O. The van der Waals surface area contributed by atoms with Gasteiger partial charge in [0.05, 0.1) is 6.54 Å². The van der Waals surface area contributed by atoms with Gasteiger partial charge in [0.25, 0.3) is 0 Å². The lowest BCUT2D eigenvalue weighted by Gasteiger charge is -2.24. The summed E-state index contributed by atoms with van der Waals surface area (Å²) in [6.07, 6.45) is -1.00. The summed E-state index contributed by atoms with van der Waals surface area (Å²) in [5.74, 6) is -0.615. The van der Waals surface area contributed by atoms with Crippen LogP contribution in [-0.2, 0) is 26.3 Å². The van der Waals surface area contributed by atoms with Crippen LogP contribution in [0.2, 0.25) is 0 Å². The van der Waals surface area contributed by atoms with E-state index in [0.29, 0.717) is 9.87 Å². The zero-order valence-corrected chi connectivity index (χ0v) is 22.6. The maximum atomic E-state index is 13.6. The number of carbonyl (C=O) groups excluding carboxylic acids is 2. The summed E-state index contributed by atoms with van der Waals surface area (Å²) in [4.78, 5) is 26.4. The molecule has 1 aliphatic rings. The van der Waals surface area contributed by atoms with E-state index in [9.17, 15) is 18.0 Å². The van der Waals surface area contributed by atoms with Crippen molar-refractivity contribution >= 4 is 22.2 Å². The van der Waals surface area contributed by atoms with Crippen LogP contribution in [0.5, 0.6) is 0 Å². The van der Waals surface area contributed by atoms with Gasteiger partial charge in [0, 0.05) is 19.0 Å². The average molecular weight is 536 g/mol. The Bertz CT molecular complexity index is 1300. The fourth-order valence-corrected chi connectivity index (χ4v) is 6.00. The molecule has 0 saturated carbocycles. The number of carbonyl (C=O) groups is 2. The summed E-state index contributed by atoms with van der Waals surface area (Å²) in [5.41, 5.74) is 1.85. The Morgan fingerprint density at radius 2 is 1.39 bits per heavy atom. The molecule has 0 aliphatic carbocycles. The molecule has 4 rings (SSSR count). The van der Waals surface area contributed by atoms with Crippen molar-refractivity contribution in [2.24, 2.45) is 0 Å². The van der Waals surface area contributed by atoms with E-state index in [1.165, 1.54) is 0 Å². The molecular weight excluding hydrogens is 502 g/mol. The molecule has 1 fully saturated rings. The van der Waals surface area contributed by atoms with Gasteiger partial charge < -0.3 is 10.1 Å².